The van der Waals surface area contributed by atoms with Crippen LogP contribution in [0.2, 0.25) is 0 Å². The number of benzene rings is 1. The lowest BCUT2D eigenvalue weighted by atomic mass is 9.85. The predicted molar refractivity (Wildman–Crippen MR) is 105 cm³/mol. The number of nitrogens with zero attached hydrogens (tertiary/aromatic N) is 2. The monoisotopic (exact) mass is 376 g/mol. The van der Waals surface area contributed by atoms with Gasteiger partial charge in [0.15, 0.2) is 0 Å². The zero-order chi connectivity index (χ0) is 19.3. The molecule has 5 nitrogen and oxygen atoms in total. The molecule has 2 bridgehead atoms. The Kier molecular flexibility index (Phi) is 4.18. The van der Waals surface area contributed by atoms with Crippen LogP contribution in [-0.4, -0.2) is 47.2 Å². The molecule has 2 aliphatic heterocycles. The van der Waals surface area contributed by atoms with Gasteiger partial charge in [-0.05, 0) is 35.8 Å². The van der Waals surface area contributed by atoms with E-state index in [4.69, 9.17) is 0 Å². The number of carbonyl (C=O) groups excluding carboxylic acids is 3. The lowest BCUT2D eigenvalue weighted by Gasteiger charge is -2.27. The van der Waals surface area contributed by atoms with Crippen LogP contribution >= 0.6 is 0 Å². The maximum atomic E-state index is 12.7. The lowest BCUT2D eigenvalue weighted by Crippen LogP contribution is -2.39. The standard InChI is InChI=1S/C23H24N2O3/c26-19(24-11-8-16(9-12-24)15-4-2-1-3-5-15)10-13-25-22(27)20-17-6-7-18(14-17)21(20)23(25)28/h1-8,17-18,20-21H,9-14H2. The quantitative estimate of drug-likeness (QED) is 0.599. The smallest absolute Gasteiger partial charge is 0.233 e. The molecule has 0 aromatic heterocycles. The van der Waals surface area contributed by atoms with Gasteiger partial charge in [-0.3, -0.25) is 19.3 Å². The van der Waals surface area contributed by atoms with Crippen molar-refractivity contribution < 1.29 is 14.4 Å². The summed E-state index contributed by atoms with van der Waals surface area (Å²) in [6.45, 7) is 1.49. The molecule has 0 spiro atoms. The first kappa shape index (κ1) is 17.4. The minimum Gasteiger partial charge on any atom is -0.339 e. The van der Waals surface area contributed by atoms with Crippen molar-refractivity contribution in [2.24, 2.45) is 23.7 Å². The van der Waals surface area contributed by atoms with Crippen molar-refractivity contribution >= 4 is 23.3 Å². The van der Waals surface area contributed by atoms with E-state index in [0.717, 1.165) is 12.8 Å². The van der Waals surface area contributed by atoms with Crippen molar-refractivity contribution in [3.63, 3.8) is 0 Å². The molecule has 5 rings (SSSR count). The van der Waals surface area contributed by atoms with Crippen LogP contribution in [0.3, 0.4) is 0 Å². The SMILES string of the molecule is O=C(CCN1C(=O)C2C3C=CC(C3)C2C1=O)N1CC=C(c2ccccc2)CC1. The van der Waals surface area contributed by atoms with Crippen LogP contribution in [0.4, 0.5) is 0 Å². The van der Waals surface area contributed by atoms with Gasteiger partial charge in [0.25, 0.3) is 0 Å². The molecule has 28 heavy (non-hydrogen) atoms. The minimum absolute atomic E-state index is 0.0159. The number of allylic oxidation sites excluding steroid dienone is 2. The number of imide groups is 1. The van der Waals surface area contributed by atoms with Gasteiger partial charge in [0, 0.05) is 26.1 Å². The van der Waals surface area contributed by atoms with E-state index >= 15 is 0 Å². The Morgan fingerprint density at radius 2 is 1.68 bits per heavy atom. The molecular formula is C23H24N2O3. The third-order valence-corrected chi connectivity index (χ3v) is 6.82. The Morgan fingerprint density at radius 1 is 1.00 bits per heavy atom. The van der Waals surface area contributed by atoms with E-state index in [1.54, 1.807) is 0 Å². The summed E-state index contributed by atoms with van der Waals surface area (Å²) in [6, 6.07) is 10.2. The summed E-state index contributed by atoms with van der Waals surface area (Å²) in [5.41, 5.74) is 2.47. The van der Waals surface area contributed by atoms with Gasteiger partial charge in [-0.15, -0.1) is 0 Å². The normalized spacial score (nSPS) is 30.8. The van der Waals surface area contributed by atoms with Crippen LogP contribution in [0.1, 0.15) is 24.8 Å². The van der Waals surface area contributed by atoms with Crippen molar-refractivity contribution in [3.05, 3.63) is 54.1 Å². The van der Waals surface area contributed by atoms with E-state index in [-0.39, 0.29) is 54.4 Å². The summed E-state index contributed by atoms with van der Waals surface area (Å²) in [5.74, 6) is -0.0317. The molecule has 2 heterocycles. The highest BCUT2D eigenvalue weighted by atomic mass is 16.2. The first-order valence-electron chi connectivity index (χ1n) is 10.2. The van der Waals surface area contributed by atoms with Crippen LogP contribution < -0.4 is 0 Å². The van der Waals surface area contributed by atoms with Gasteiger partial charge < -0.3 is 4.90 Å². The Morgan fingerprint density at radius 3 is 2.29 bits per heavy atom. The predicted octanol–water partition coefficient (Wildman–Crippen LogP) is 2.50. The molecule has 0 N–H and O–H groups in total. The number of hydrogen-bond donors (Lipinski definition) is 0. The first-order valence-corrected chi connectivity index (χ1v) is 10.2. The summed E-state index contributed by atoms with van der Waals surface area (Å²) in [6.07, 6.45) is 8.27. The number of rotatable bonds is 4. The van der Waals surface area contributed by atoms with Crippen LogP contribution in [0, 0.1) is 23.7 Å². The summed E-state index contributed by atoms with van der Waals surface area (Å²) in [7, 11) is 0. The van der Waals surface area contributed by atoms with Gasteiger partial charge in [0.2, 0.25) is 17.7 Å². The van der Waals surface area contributed by atoms with Crippen molar-refractivity contribution in [1.82, 2.24) is 9.80 Å². The molecule has 5 heteroatoms. The van der Waals surface area contributed by atoms with E-state index in [1.807, 2.05) is 23.1 Å². The third kappa shape index (κ3) is 2.72. The number of carbonyl (C=O) groups is 3. The molecule has 1 aromatic rings. The van der Waals surface area contributed by atoms with Crippen LogP contribution in [0.25, 0.3) is 5.57 Å². The van der Waals surface area contributed by atoms with Crippen molar-refractivity contribution in [3.8, 4) is 0 Å². The second-order valence-electron chi connectivity index (χ2n) is 8.26. The number of amides is 3. The molecule has 2 fully saturated rings. The number of hydrogen-bond acceptors (Lipinski definition) is 3. The average Bonchev–Trinajstić information content (AvgIpc) is 3.41. The van der Waals surface area contributed by atoms with Crippen LogP contribution in [-0.2, 0) is 14.4 Å². The molecule has 1 saturated carbocycles. The minimum atomic E-state index is -0.177. The zero-order valence-corrected chi connectivity index (χ0v) is 15.8. The molecule has 0 radical (unpaired) electrons. The number of fused-ring (bicyclic) bond motifs is 5. The van der Waals surface area contributed by atoms with E-state index in [9.17, 15) is 14.4 Å². The fourth-order valence-corrected chi connectivity index (χ4v) is 5.36. The van der Waals surface area contributed by atoms with Gasteiger partial charge in [-0.25, -0.2) is 0 Å². The topological polar surface area (TPSA) is 57.7 Å². The summed E-state index contributed by atoms with van der Waals surface area (Å²) >= 11 is 0. The molecule has 1 saturated heterocycles. The Labute approximate surface area is 164 Å². The van der Waals surface area contributed by atoms with E-state index in [2.05, 4.69) is 30.4 Å². The highest BCUT2D eigenvalue weighted by molar-refractivity contribution is 6.06. The second-order valence-corrected chi connectivity index (χ2v) is 8.26. The fourth-order valence-electron chi connectivity index (χ4n) is 5.36. The molecule has 144 valence electrons. The van der Waals surface area contributed by atoms with E-state index in [1.165, 1.54) is 16.0 Å². The first-order chi connectivity index (χ1) is 13.6. The second kappa shape index (κ2) is 6.73. The zero-order valence-electron chi connectivity index (χ0n) is 15.8. The molecule has 4 aliphatic rings. The summed E-state index contributed by atoms with van der Waals surface area (Å²) in [5, 5.41) is 0. The molecule has 3 amide bonds. The van der Waals surface area contributed by atoms with Crippen LogP contribution in [0.5, 0.6) is 0 Å². The van der Waals surface area contributed by atoms with Crippen molar-refractivity contribution in [1.29, 1.82) is 0 Å². The van der Waals surface area contributed by atoms with Gasteiger partial charge in [0.1, 0.15) is 0 Å². The van der Waals surface area contributed by atoms with Crippen molar-refractivity contribution in [2.45, 2.75) is 19.3 Å². The van der Waals surface area contributed by atoms with Gasteiger partial charge in [-0.1, -0.05) is 48.6 Å². The summed E-state index contributed by atoms with van der Waals surface area (Å²) < 4.78 is 0. The average molecular weight is 376 g/mol. The maximum Gasteiger partial charge on any atom is 0.233 e. The fraction of sp³-hybridized carbons (Fsp3) is 0.435. The van der Waals surface area contributed by atoms with Gasteiger partial charge >= 0.3 is 0 Å². The lowest BCUT2D eigenvalue weighted by molar-refractivity contribution is -0.141. The van der Waals surface area contributed by atoms with Gasteiger partial charge in [-0.2, -0.15) is 0 Å². The largest absolute Gasteiger partial charge is 0.339 e. The molecule has 2 aliphatic carbocycles. The molecule has 4 unspecified atom stereocenters. The Bertz CT molecular complexity index is 858. The Balaban J connectivity index is 1.18. The summed E-state index contributed by atoms with van der Waals surface area (Å²) in [4.78, 5) is 41.2. The molecule has 4 atom stereocenters. The maximum absolute atomic E-state index is 12.7. The van der Waals surface area contributed by atoms with Crippen LogP contribution in [0.15, 0.2) is 48.6 Å². The van der Waals surface area contributed by atoms with Gasteiger partial charge in [0.05, 0.1) is 11.8 Å². The number of likely N-dealkylation sites (tertiary alicyclic amines) is 1. The molecule has 1 aromatic carbocycles. The third-order valence-electron chi connectivity index (χ3n) is 6.82. The highest BCUT2D eigenvalue weighted by Gasteiger charge is 2.59. The Hall–Kier alpha value is -2.69. The highest BCUT2D eigenvalue weighted by Crippen LogP contribution is 2.52. The molecular weight excluding hydrogens is 352 g/mol. The van der Waals surface area contributed by atoms with E-state index in [0.29, 0.717) is 13.1 Å². The van der Waals surface area contributed by atoms with E-state index < -0.39 is 0 Å². The van der Waals surface area contributed by atoms with Crippen molar-refractivity contribution in [2.75, 3.05) is 19.6 Å².